The Hall–Kier alpha value is -2.26. The highest BCUT2D eigenvalue weighted by molar-refractivity contribution is 7.99. The number of carboxylic acid groups (broad SMARTS) is 1. The molecule has 1 unspecified atom stereocenters. The number of rotatable bonds is 13. The van der Waals surface area contributed by atoms with E-state index < -0.39 is 67.0 Å². The van der Waals surface area contributed by atoms with Gasteiger partial charge in [-0.05, 0) is 35.4 Å². The minimum absolute atomic E-state index is 0.0212. The van der Waals surface area contributed by atoms with Gasteiger partial charge in [-0.15, -0.1) is 11.3 Å². The molecule has 11 nitrogen and oxygen atoms in total. The van der Waals surface area contributed by atoms with Crippen molar-refractivity contribution in [2.24, 2.45) is 0 Å². The molecule has 0 aliphatic carbocycles. The van der Waals surface area contributed by atoms with E-state index in [0.29, 0.717) is 11.3 Å². The third-order valence-electron chi connectivity index (χ3n) is 6.09. The maximum atomic E-state index is 12.6. The van der Waals surface area contributed by atoms with Crippen LogP contribution in [0.25, 0.3) is 10.1 Å². The van der Waals surface area contributed by atoms with Gasteiger partial charge in [0.25, 0.3) is 11.7 Å². The van der Waals surface area contributed by atoms with Gasteiger partial charge in [0.15, 0.2) is 0 Å². The normalized spacial score (nSPS) is 25.0. The monoisotopic (exact) mass is 570 g/mol. The van der Waals surface area contributed by atoms with Crippen LogP contribution in [0.4, 0.5) is 0 Å². The molecule has 3 rings (SSSR count). The van der Waals surface area contributed by atoms with Crippen LogP contribution in [0.5, 0.6) is 0 Å². The van der Waals surface area contributed by atoms with Gasteiger partial charge in [-0.2, -0.15) is 11.8 Å². The number of hydrogen-bond donors (Lipinski definition) is 6. The second-order valence-corrected chi connectivity index (χ2v) is 11.4. The number of carboxylic acids is 1. The van der Waals surface area contributed by atoms with Crippen LogP contribution < -0.4 is 10.6 Å². The van der Waals surface area contributed by atoms with E-state index in [9.17, 15) is 34.8 Å². The number of nitrogens with one attached hydrogen (secondary N) is 2. The number of aliphatic hydroxyl groups excluding tert-OH is 3. The molecule has 0 bridgehead atoms. The molecule has 1 saturated heterocycles. The summed E-state index contributed by atoms with van der Waals surface area (Å²) in [6.07, 6.45) is -6.40. The number of carbonyl (C=O) groups excluding carboxylic acids is 2. The summed E-state index contributed by atoms with van der Waals surface area (Å²) < 4.78 is 12.2. The van der Waals surface area contributed by atoms with Gasteiger partial charge in [0.05, 0.1) is 29.7 Å². The lowest BCUT2D eigenvalue weighted by Crippen LogP contribution is -2.68. The number of hydrogen-bond acceptors (Lipinski definition) is 10. The minimum atomic E-state index is -2.29. The quantitative estimate of drug-likeness (QED) is 0.190. The molecule has 6 atom stereocenters. The van der Waals surface area contributed by atoms with Crippen LogP contribution in [0, 0.1) is 0 Å². The average Bonchev–Trinajstić information content (AvgIpc) is 3.32. The van der Waals surface area contributed by atoms with E-state index in [1.165, 1.54) is 18.3 Å². The second kappa shape index (κ2) is 13.7. The summed E-state index contributed by atoms with van der Waals surface area (Å²) in [6, 6.07) is 7.93. The molecule has 0 saturated carbocycles. The fourth-order valence-corrected chi connectivity index (χ4v) is 5.80. The first-order chi connectivity index (χ1) is 18.1. The van der Waals surface area contributed by atoms with Gasteiger partial charge >= 0.3 is 5.97 Å². The van der Waals surface area contributed by atoms with E-state index in [4.69, 9.17) is 9.47 Å². The lowest BCUT2D eigenvalue weighted by atomic mass is 9.88. The van der Waals surface area contributed by atoms with Crippen molar-refractivity contribution >= 4 is 51.0 Å². The van der Waals surface area contributed by atoms with Crippen molar-refractivity contribution in [2.75, 3.05) is 24.7 Å². The predicted octanol–water partition coefficient (Wildman–Crippen LogP) is 0.948. The Morgan fingerprint density at radius 3 is 2.68 bits per heavy atom. The van der Waals surface area contributed by atoms with Gasteiger partial charge in [0.2, 0.25) is 5.91 Å². The van der Waals surface area contributed by atoms with Crippen LogP contribution in [-0.4, -0.2) is 99.1 Å². The van der Waals surface area contributed by atoms with E-state index in [2.05, 4.69) is 10.6 Å². The van der Waals surface area contributed by atoms with Crippen molar-refractivity contribution in [3.05, 3.63) is 35.2 Å². The highest BCUT2D eigenvalue weighted by Crippen LogP contribution is 2.34. The summed E-state index contributed by atoms with van der Waals surface area (Å²) in [4.78, 5) is 37.0. The van der Waals surface area contributed by atoms with Crippen molar-refractivity contribution in [3.8, 4) is 0 Å². The number of fused-ring (bicyclic) bond motifs is 1. The van der Waals surface area contributed by atoms with Gasteiger partial charge in [-0.1, -0.05) is 25.1 Å². The maximum Gasteiger partial charge on any atom is 0.364 e. The summed E-state index contributed by atoms with van der Waals surface area (Å²) in [7, 11) is 0. The van der Waals surface area contributed by atoms with Crippen LogP contribution in [0.15, 0.2) is 30.3 Å². The second-order valence-electron chi connectivity index (χ2n) is 8.95. The number of carbonyl (C=O) groups is 3. The summed E-state index contributed by atoms with van der Waals surface area (Å²) >= 11 is 2.93. The number of amides is 2. The minimum Gasteiger partial charge on any atom is -0.477 e. The number of thiophene rings is 1. The molecule has 0 spiro atoms. The van der Waals surface area contributed by atoms with Crippen molar-refractivity contribution in [1.82, 2.24) is 10.6 Å². The van der Waals surface area contributed by atoms with Gasteiger partial charge < -0.3 is 40.5 Å². The SMILES string of the molecule is CCSCCCO[C@]1(C(=O)O)CC(O)[C@@H](NC(C)=O)[C@H]([C@H](O)[C@H](O)CNC(=O)c2cc3ccccc3s2)O1. The fourth-order valence-electron chi connectivity index (χ4n) is 4.21. The molecule has 1 aromatic heterocycles. The molecule has 0 radical (unpaired) electrons. The number of aliphatic carboxylic acids is 1. The number of aliphatic hydroxyl groups is 3. The molecular weight excluding hydrogens is 536 g/mol. The topological polar surface area (TPSA) is 175 Å². The molecule has 1 aromatic carbocycles. The van der Waals surface area contributed by atoms with E-state index in [1.807, 2.05) is 31.2 Å². The number of thioether (sulfide) groups is 1. The van der Waals surface area contributed by atoms with Crippen molar-refractivity contribution in [1.29, 1.82) is 0 Å². The van der Waals surface area contributed by atoms with Gasteiger partial charge in [-0.3, -0.25) is 9.59 Å². The van der Waals surface area contributed by atoms with E-state index in [-0.39, 0.29) is 6.61 Å². The third kappa shape index (κ3) is 7.44. The lowest BCUT2D eigenvalue weighted by molar-refractivity contribution is -0.310. The summed E-state index contributed by atoms with van der Waals surface area (Å²) in [5.41, 5.74) is 0. The Balaban J connectivity index is 1.72. The molecule has 2 amide bonds. The van der Waals surface area contributed by atoms with Gasteiger partial charge in [-0.25, -0.2) is 4.79 Å². The van der Waals surface area contributed by atoms with Crippen molar-refractivity contribution in [2.45, 2.75) is 62.9 Å². The Morgan fingerprint density at radius 1 is 1.29 bits per heavy atom. The zero-order chi connectivity index (χ0) is 27.9. The lowest BCUT2D eigenvalue weighted by Gasteiger charge is -2.46. The molecule has 1 fully saturated rings. The Bertz CT molecular complexity index is 1080. The van der Waals surface area contributed by atoms with Crippen molar-refractivity contribution in [3.63, 3.8) is 0 Å². The highest BCUT2D eigenvalue weighted by Gasteiger charge is 2.55. The first kappa shape index (κ1) is 30.3. The van der Waals surface area contributed by atoms with Crippen molar-refractivity contribution < 1.29 is 44.3 Å². The van der Waals surface area contributed by atoms with Crippen LogP contribution in [-0.2, 0) is 19.1 Å². The summed E-state index contributed by atoms with van der Waals surface area (Å²) in [5, 5.41) is 48.3. The smallest absolute Gasteiger partial charge is 0.364 e. The highest BCUT2D eigenvalue weighted by atomic mass is 32.2. The zero-order valence-electron chi connectivity index (χ0n) is 21.2. The maximum absolute atomic E-state index is 12.6. The van der Waals surface area contributed by atoms with Crippen LogP contribution in [0.1, 0.15) is 36.4 Å². The fraction of sp³-hybridized carbons (Fsp3) is 0.560. The van der Waals surface area contributed by atoms with E-state index >= 15 is 0 Å². The predicted molar refractivity (Wildman–Crippen MR) is 143 cm³/mol. The average molecular weight is 571 g/mol. The van der Waals surface area contributed by atoms with E-state index in [0.717, 1.165) is 21.6 Å². The Morgan fingerprint density at radius 2 is 2.03 bits per heavy atom. The first-order valence-corrected chi connectivity index (χ1v) is 14.3. The summed E-state index contributed by atoms with van der Waals surface area (Å²) in [5.74, 6) is -3.20. The number of benzene rings is 1. The molecule has 210 valence electrons. The Kier molecular flexibility index (Phi) is 10.9. The van der Waals surface area contributed by atoms with Crippen LogP contribution >= 0.6 is 23.1 Å². The molecule has 2 heterocycles. The molecule has 38 heavy (non-hydrogen) atoms. The molecule has 13 heteroatoms. The molecule has 2 aromatic rings. The first-order valence-electron chi connectivity index (χ1n) is 12.3. The zero-order valence-corrected chi connectivity index (χ0v) is 22.8. The standard InChI is InChI=1S/C25H34N2O9S2/c1-3-37-10-6-9-35-25(24(33)34)12-16(29)20(27-14(2)28)22(36-25)21(31)17(30)13-26-23(32)19-11-15-7-4-5-8-18(15)38-19/h4-5,7-8,11,16-17,20-22,29-31H,3,6,9-10,12-13H2,1-2H3,(H,26,32)(H,27,28)(H,33,34)/t16?,17-,20-,21-,22-,25-/m1/s1. The molecule has 1 aliphatic rings. The largest absolute Gasteiger partial charge is 0.477 e. The van der Waals surface area contributed by atoms with E-state index in [1.54, 1.807) is 17.8 Å². The molecule has 1 aliphatic heterocycles. The summed E-state index contributed by atoms with van der Waals surface area (Å²) in [6.45, 7) is 2.81. The molecule has 6 N–H and O–H groups in total. The third-order valence-corrected chi connectivity index (χ3v) is 8.19. The number of ether oxygens (including phenoxy) is 2. The van der Waals surface area contributed by atoms with Gasteiger partial charge in [0, 0.05) is 24.6 Å². The van der Waals surface area contributed by atoms with Crippen LogP contribution in [0.3, 0.4) is 0 Å². The van der Waals surface area contributed by atoms with Crippen LogP contribution in [0.2, 0.25) is 0 Å². The van der Waals surface area contributed by atoms with Gasteiger partial charge in [0.1, 0.15) is 12.2 Å². The molecular formula is C25H34N2O9S2. The Labute approximate surface area is 228 Å².